The van der Waals surface area contributed by atoms with Crippen molar-refractivity contribution >= 4 is 20.9 Å². The number of rotatable bonds is 4. The molecule has 0 spiro atoms. The Kier molecular flexibility index (Phi) is 4.97. The van der Waals surface area contributed by atoms with Crippen molar-refractivity contribution in [1.82, 2.24) is 4.57 Å². The van der Waals surface area contributed by atoms with Crippen LogP contribution in [0.1, 0.15) is 16.7 Å². The summed E-state index contributed by atoms with van der Waals surface area (Å²) in [6.07, 6.45) is 0. The maximum Gasteiger partial charge on any atom is 0.534 e. The fraction of sp³-hybridized carbons (Fsp3) is 0.211. The quantitative estimate of drug-likeness (QED) is 0.483. The summed E-state index contributed by atoms with van der Waals surface area (Å²) in [6, 6.07) is 12.7. The largest absolute Gasteiger partial charge is 0.534 e. The average molecular weight is 411 g/mol. The van der Waals surface area contributed by atoms with Crippen molar-refractivity contribution < 1.29 is 25.8 Å². The molecule has 0 radical (unpaired) electrons. The highest BCUT2D eigenvalue weighted by Gasteiger charge is 2.49. The van der Waals surface area contributed by atoms with Crippen molar-refractivity contribution in [2.75, 3.05) is 0 Å². The summed E-state index contributed by atoms with van der Waals surface area (Å²) in [6.45, 7) is 3.53. The highest BCUT2D eigenvalue weighted by atomic mass is 32.2. The first kappa shape index (κ1) is 19.9. The molecular formula is C19H16F3NO4S. The fourth-order valence-electron chi connectivity index (χ4n) is 2.85. The van der Waals surface area contributed by atoms with Gasteiger partial charge in [-0.2, -0.15) is 21.6 Å². The molecule has 0 amide bonds. The standard InChI is InChI=1S/C19H16F3NO4S/c1-12-7-8-15(13(2)9-12)11-23-17(27-28(25,26)19(20,21)22)10-14-5-3-4-6-16(14)18(23)24/h3-10H,11H2,1-2H3. The number of hydrogen-bond acceptors (Lipinski definition) is 4. The molecule has 1 aromatic heterocycles. The van der Waals surface area contributed by atoms with E-state index in [1.54, 1.807) is 31.2 Å². The van der Waals surface area contributed by atoms with Crippen LogP contribution in [0.4, 0.5) is 13.2 Å². The Balaban J connectivity index is 2.21. The summed E-state index contributed by atoms with van der Waals surface area (Å²) in [5, 5.41) is 0.515. The third-order valence-corrected chi connectivity index (χ3v) is 5.24. The topological polar surface area (TPSA) is 65.4 Å². The van der Waals surface area contributed by atoms with Gasteiger partial charge in [0, 0.05) is 11.5 Å². The van der Waals surface area contributed by atoms with E-state index in [0.717, 1.165) is 21.8 Å². The molecule has 0 unspecified atom stereocenters. The van der Waals surface area contributed by atoms with Crippen LogP contribution in [-0.2, 0) is 16.7 Å². The smallest absolute Gasteiger partial charge is 0.357 e. The number of aromatic nitrogens is 1. The number of pyridine rings is 1. The van der Waals surface area contributed by atoms with Gasteiger partial charge in [-0.25, -0.2) is 0 Å². The first-order valence-electron chi connectivity index (χ1n) is 8.19. The van der Waals surface area contributed by atoms with Crippen LogP contribution in [0, 0.1) is 13.8 Å². The normalized spacial score (nSPS) is 12.3. The fourth-order valence-corrected chi connectivity index (χ4v) is 3.30. The highest BCUT2D eigenvalue weighted by Crippen LogP contribution is 2.28. The summed E-state index contributed by atoms with van der Waals surface area (Å²) in [5.74, 6) is -0.694. The van der Waals surface area contributed by atoms with Crippen LogP contribution in [0.2, 0.25) is 0 Å². The number of alkyl halides is 3. The second-order valence-corrected chi connectivity index (χ2v) is 7.91. The number of aryl methyl sites for hydroxylation is 2. The molecule has 0 saturated carbocycles. The lowest BCUT2D eigenvalue weighted by Crippen LogP contribution is -2.31. The Labute approximate surface area is 159 Å². The van der Waals surface area contributed by atoms with Crippen LogP contribution in [0.15, 0.2) is 53.3 Å². The molecule has 3 aromatic rings. The van der Waals surface area contributed by atoms with E-state index >= 15 is 0 Å². The van der Waals surface area contributed by atoms with Gasteiger partial charge in [0.2, 0.25) is 5.88 Å². The van der Waals surface area contributed by atoms with E-state index in [2.05, 4.69) is 4.18 Å². The molecule has 9 heteroatoms. The van der Waals surface area contributed by atoms with E-state index < -0.39 is 27.1 Å². The predicted molar refractivity (Wildman–Crippen MR) is 98.8 cm³/mol. The Morgan fingerprint density at radius 2 is 1.71 bits per heavy atom. The first-order valence-corrected chi connectivity index (χ1v) is 9.60. The van der Waals surface area contributed by atoms with Crippen molar-refractivity contribution in [3.63, 3.8) is 0 Å². The summed E-state index contributed by atoms with van der Waals surface area (Å²) < 4.78 is 66.7. The minimum atomic E-state index is -5.93. The Bertz CT molecular complexity index is 1210. The molecule has 28 heavy (non-hydrogen) atoms. The number of halogens is 3. The number of hydrogen-bond donors (Lipinski definition) is 0. The van der Waals surface area contributed by atoms with Gasteiger partial charge in [-0.3, -0.25) is 9.36 Å². The average Bonchev–Trinajstić information content (AvgIpc) is 2.59. The van der Waals surface area contributed by atoms with Crippen LogP contribution in [0.5, 0.6) is 5.88 Å². The molecule has 0 saturated heterocycles. The molecule has 0 bridgehead atoms. The van der Waals surface area contributed by atoms with Gasteiger partial charge >= 0.3 is 15.6 Å². The maximum atomic E-state index is 12.9. The van der Waals surface area contributed by atoms with Crippen LogP contribution < -0.4 is 9.74 Å². The number of nitrogens with zero attached hydrogens (tertiary/aromatic N) is 1. The number of fused-ring (bicyclic) bond motifs is 1. The Morgan fingerprint density at radius 1 is 1.04 bits per heavy atom. The van der Waals surface area contributed by atoms with Crippen LogP contribution in [0.3, 0.4) is 0 Å². The van der Waals surface area contributed by atoms with E-state index in [9.17, 15) is 26.4 Å². The summed E-state index contributed by atoms with van der Waals surface area (Å²) >= 11 is 0. The van der Waals surface area contributed by atoms with Gasteiger partial charge in [-0.15, -0.1) is 0 Å². The van der Waals surface area contributed by atoms with Crippen molar-refractivity contribution in [2.45, 2.75) is 25.9 Å². The van der Waals surface area contributed by atoms with Gasteiger partial charge in [-0.1, -0.05) is 42.0 Å². The van der Waals surface area contributed by atoms with Crippen molar-refractivity contribution in [1.29, 1.82) is 0 Å². The lowest BCUT2D eigenvalue weighted by Gasteiger charge is -2.17. The molecule has 3 rings (SSSR count). The van der Waals surface area contributed by atoms with E-state index in [0.29, 0.717) is 5.56 Å². The van der Waals surface area contributed by atoms with Crippen molar-refractivity contribution in [3.05, 3.63) is 75.6 Å². The third kappa shape index (κ3) is 3.75. The number of benzene rings is 2. The van der Waals surface area contributed by atoms with Gasteiger partial charge < -0.3 is 4.18 Å². The van der Waals surface area contributed by atoms with Crippen molar-refractivity contribution in [2.24, 2.45) is 0 Å². The summed E-state index contributed by atoms with van der Waals surface area (Å²) in [4.78, 5) is 12.9. The molecule has 1 heterocycles. The molecule has 0 fully saturated rings. The zero-order chi connectivity index (χ0) is 20.7. The second-order valence-electron chi connectivity index (χ2n) is 6.37. The molecular weight excluding hydrogens is 395 g/mol. The molecule has 0 aliphatic rings. The third-order valence-electron chi connectivity index (χ3n) is 4.29. The molecule has 0 aliphatic heterocycles. The van der Waals surface area contributed by atoms with E-state index in [-0.39, 0.29) is 17.3 Å². The highest BCUT2D eigenvalue weighted by molar-refractivity contribution is 7.87. The molecule has 0 N–H and O–H groups in total. The van der Waals surface area contributed by atoms with Gasteiger partial charge in [0.05, 0.1) is 6.54 Å². The predicted octanol–water partition coefficient (Wildman–Crippen LogP) is 3.90. The van der Waals surface area contributed by atoms with E-state index in [1.807, 2.05) is 13.0 Å². The molecule has 0 atom stereocenters. The lowest BCUT2D eigenvalue weighted by molar-refractivity contribution is -0.0502. The second kappa shape index (κ2) is 6.97. The van der Waals surface area contributed by atoms with Gasteiger partial charge in [0.25, 0.3) is 5.56 Å². The molecule has 148 valence electrons. The van der Waals surface area contributed by atoms with Gasteiger partial charge in [0.15, 0.2) is 0 Å². The summed E-state index contributed by atoms with van der Waals surface area (Å²) in [7, 11) is -5.93. The van der Waals surface area contributed by atoms with E-state index in [1.165, 1.54) is 12.1 Å². The summed E-state index contributed by atoms with van der Waals surface area (Å²) in [5.41, 5.74) is -3.82. The van der Waals surface area contributed by atoms with Crippen LogP contribution in [-0.4, -0.2) is 18.5 Å². The Hall–Kier alpha value is -2.81. The SMILES string of the molecule is Cc1ccc(Cn2c(OS(=O)(=O)C(F)(F)F)cc3ccccc3c2=O)c(C)c1. The minimum absolute atomic E-state index is 0.140. The van der Waals surface area contributed by atoms with Gasteiger partial charge in [-0.05, 0) is 36.4 Å². The maximum absolute atomic E-state index is 12.9. The minimum Gasteiger partial charge on any atom is -0.357 e. The molecule has 0 aliphatic carbocycles. The van der Waals surface area contributed by atoms with Crippen LogP contribution in [0.25, 0.3) is 10.8 Å². The first-order chi connectivity index (χ1) is 13.0. The van der Waals surface area contributed by atoms with Gasteiger partial charge in [0.1, 0.15) is 0 Å². The monoisotopic (exact) mass is 411 g/mol. The lowest BCUT2D eigenvalue weighted by atomic mass is 10.1. The Morgan fingerprint density at radius 3 is 2.36 bits per heavy atom. The zero-order valence-corrected chi connectivity index (χ0v) is 15.8. The zero-order valence-electron chi connectivity index (χ0n) is 14.9. The van der Waals surface area contributed by atoms with Crippen LogP contribution >= 0.6 is 0 Å². The van der Waals surface area contributed by atoms with Crippen molar-refractivity contribution in [3.8, 4) is 5.88 Å². The molecule has 2 aromatic carbocycles. The molecule has 5 nitrogen and oxygen atoms in total. The van der Waals surface area contributed by atoms with E-state index in [4.69, 9.17) is 0 Å².